The number of imide groups is 1. The van der Waals surface area contributed by atoms with Gasteiger partial charge in [-0.1, -0.05) is 11.8 Å². The van der Waals surface area contributed by atoms with Crippen LogP contribution in [0, 0.1) is 13.8 Å². The Balaban J connectivity index is 1.35. The van der Waals surface area contributed by atoms with Gasteiger partial charge in [0.1, 0.15) is 0 Å². The van der Waals surface area contributed by atoms with Crippen molar-refractivity contribution in [1.82, 2.24) is 29.6 Å². The van der Waals surface area contributed by atoms with Crippen LogP contribution in [0.5, 0.6) is 0 Å². The minimum absolute atomic E-state index is 0.0155. The van der Waals surface area contributed by atoms with Crippen molar-refractivity contribution in [2.75, 3.05) is 39.0 Å². The second-order valence-corrected chi connectivity index (χ2v) is 8.97. The van der Waals surface area contributed by atoms with Crippen molar-refractivity contribution in [3.63, 3.8) is 0 Å². The number of thioether (sulfide) groups is 1. The number of nitrogens with zero attached hydrogens (tertiary/aromatic N) is 5. The van der Waals surface area contributed by atoms with Gasteiger partial charge in [0.25, 0.3) is 5.56 Å². The number of rotatable bonds is 3. The van der Waals surface area contributed by atoms with Crippen LogP contribution >= 0.6 is 11.8 Å². The Morgan fingerprint density at radius 1 is 1.17 bits per heavy atom. The molecule has 11 heteroatoms. The van der Waals surface area contributed by atoms with Gasteiger partial charge in [-0.05, 0) is 13.8 Å². The second-order valence-electron chi connectivity index (χ2n) is 7.99. The van der Waals surface area contributed by atoms with Crippen molar-refractivity contribution in [3.8, 4) is 0 Å². The molecule has 162 valence electrons. The van der Waals surface area contributed by atoms with Crippen molar-refractivity contribution >= 4 is 29.6 Å². The predicted octanol–water partition coefficient (Wildman–Crippen LogP) is -0.0610. The molecule has 10 nitrogen and oxygen atoms in total. The first-order valence-electron chi connectivity index (χ1n) is 10.1. The molecule has 30 heavy (non-hydrogen) atoms. The highest BCUT2D eigenvalue weighted by molar-refractivity contribution is 7.99. The number of hydrogen-bond acceptors (Lipinski definition) is 7. The number of carbonyl (C=O) groups excluding carboxylic acids is 3. The van der Waals surface area contributed by atoms with Crippen LogP contribution in [0.15, 0.2) is 9.95 Å². The zero-order valence-corrected chi connectivity index (χ0v) is 18.2. The molecule has 0 saturated carbocycles. The maximum absolute atomic E-state index is 12.9. The second kappa shape index (κ2) is 8.03. The van der Waals surface area contributed by atoms with Gasteiger partial charge in [-0.25, -0.2) is 9.78 Å². The summed E-state index contributed by atoms with van der Waals surface area (Å²) in [6, 6.07) is -0.572. The first-order chi connectivity index (χ1) is 14.3. The van der Waals surface area contributed by atoms with E-state index in [0.29, 0.717) is 42.7 Å². The molecule has 2 fully saturated rings. The third-order valence-corrected chi connectivity index (χ3v) is 7.27. The van der Waals surface area contributed by atoms with E-state index in [9.17, 15) is 19.2 Å². The van der Waals surface area contributed by atoms with Gasteiger partial charge in [-0.3, -0.25) is 28.8 Å². The number of hydrogen-bond donors (Lipinski definition) is 1. The Morgan fingerprint density at radius 3 is 2.53 bits per heavy atom. The Hall–Kier alpha value is -2.40. The number of aromatic nitrogens is 2. The molecule has 4 amide bonds. The van der Waals surface area contributed by atoms with Crippen LogP contribution in [0.25, 0.3) is 0 Å². The minimum Gasteiger partial charge on any atom is -0.340 e. The van der Waals surface area contributed by atoms with Crippen LogP contribution in [0.4, 0.5) is 4.79 Å². The molecule has 1 N–H and O–H groups in total. The zero-order valence-electron chi connectivity index (χ0n) is 17.4. The fourth-order valence-corrected chi connectivity index (χ4v) is 5.24. The van der Waals surface area contributed by atoms with Gasteiger partial charge in [0.2, 0.25) is 11.8 Å². The molecular formula is C19H26N6O4S. The number of amides is 4. The van der Waals surface area contributed by atoms with Crippen LogP contribution in [0.1, 0.15) is 30.1 Å². The highest BCUT2D eigenvalue weighted by atomic mass is 32.2. The third kappa shape index (κ3) is 3.71. The Labute approximate surface area is 178 Å². The van der Waals surface area contributed by atoms with E-state index in [1.165, 1.54) is 18.8 Å². The van der Waals surface area contributed by atoms with E-state index in [0.717, 1.165) is 10.6 Å². The molecular weight excluding hydrogens is 408 g/mol. The molecule has 1 aromatic heterocycles. The van der Waals surface area contributed by atoms with Crippen molar-refractivity contribution in [2.45, 2.75) is 44.1 Å². The van der Waals surface area contributed by atoms with Gasteiger partial charge >= 0.3 is 6.03 Å². The molecule has 2 unspecified atom stereocenters. The normalized spacial score (nSPS) is 24.8. The van der Waals surface area contributed by atoms with Crippen molar-refractivity contribution in [1.29, 1.82) is 0 Å². The summed E-state index contributed by atoms with van der Waals surface area (Å²) >= 11 is 1.52. The summed E-state index contributed by atoms with van der Waals surface area (Å²) in [4.78, 5) is 58.8. The molecule has 0 aromatic carbocycles. The topological polar surface area (TPSA) is 108 Å². The van der Waals surface area contributed by atoms with Crippen LogP contribution in [0.2, 0.25) is 0 Å². The SMILES string of the molecule is Cc1nc2n(c(=O)c1C)C(CC(=O)N1CCN(C3CC(=O)N(C)C(=O)N3)CC1)CS2. The average Bonchev–Trinajstić information content (AvgIpc) is 3.12. The van der Waals surface area contributed by atoms with Gasteiger partial charge in [0.15, 0.2) is 5.16 Å². The summed E-state index contributed by atoms with van der Waals surface area (Å²) in [5, 5.41) is 3.53. The summed E-state index contributed by atoms with van der Waals surface area (Å²) in [6.45, 7) is 5.83. The smallest absolute Gasteiger partial charge is 0.325 e. The highest BCUT2D eigenvalue weighted by Gasteiger charge is 2.36. The van der Waals surface area contributed by atoms with Crippen LogP contribution in [-0.2, 0) is 9.59 Å². The largest absolute Gasteiger partial charge is 0.340 e. The van der Waals surface area contributed by atoms with E-state index in [2.05, 4.69) is 10.3 Å². The lowest BCUT2D eigenvalue weighted by Crippen LogP contribution is -2.62. The molecule has 0 spiro atoms. The molecule has 2 atom stereocenters. The van der Waals surface area contributed by atoms with Gasteiger partial charge in [0.05, 0.1) is 18.6 Å². The van der Waals surface area contributed by atoms with E-state index < -0.39 is 6.03 Å². The van der Waals surface area contributed by atoms with Crippen molar-refractivity contribution in [2.24, 2.45) is 0 Å². The molecule has 3 aliphatic rings. The maximum Gasteiger partial charge on any atom is 0.325 e. The lowest BCUT2D eigenvalue weighted by molar-refractivity contribution is -0.136. The molecule has 4 rings (SSSR count). The lowest BCUT2D eigenvalue weighted by Gasteiger charge is -2.41. The average molecular weight is 435 g/mol. The van der Waals surface area contributed by atoms with E-state index in [-0.39, 0.29) is 42.4 Å². The summed E-state index contributed by atoms with van der Waals surface area (Å²) < 4.78 is 1.67. The standard InChI is InChI=1S/C19H26N6O4S/c1-11-12(2)20-19-25(17(11)28)13(10-30-19)8-16(27)24-6-4-23(5-7-24)14-9-15(26)22(3)18(29)21-14/h13-14H,4-10H2,1-3H3,(H,21,29). The van der Waals surface area contributed by atoms with Gasteiger partial charge in [-0.15, -0.1) is 0 Å². The van der Waals surface area contributed by atoms with Gasteiger partial charge < -0.3 is 10.2 Å². The number of carbonyl (C=O) groups is 3. The summed E-state index contributed by atoms with van der Waals surface area (Å²) in [5.74, 6) is 0.478. The monoisotopic (exact) mass is 434 g/mol. The number of aryl methyl sites for hydroxylation is 1. The molecule has 3 aliphatic heterocycles. The molecule has 2 saturated heterocycles. The Morgan fingerprint density at radius 2 is 1.87 bits per heavy atom. The molecule has 4 heterocycles. The van der Waals surface area contributed by atoms with E-state index in [1.54, 1.807) is 16.4 Å². The summed E-state index contributed by atoms with van der Waals surface area (Å²) in [5.41, 5.74) is 1.30. The number of fused-ring (bicyclic) bond motifs is 1. The maximum atomic E-state index is 12.9. The highest BCUT2D eigenvalue weighted by Crippen LogP contribution is 2.33. The van der Waals surface area contributed by atoms with Gasteiger partial charge in [-0.2, -0.15) is 0 Å². The first-order valence-corrected chi connectivity index (χ1v) is 11.1. The Bertz CT molecular complexity index is 937. The van der Waals surface area contributed by atoms with Crippen LogP contribution < -0.4 is 10.9 Å². The number of nitrogens with one attached hydrogen (secondary N) is 1. The lowest BCUT2D eigenvalue weighted by atomic mass is 10.1. The Kier molecular flexibility index (Phi) is 5.58. The summed E-state index contributed by atoms with van der Waals surface area (Å²) in [6.07, 6.45) is 0.182. The fourth-order valence-electron chi connectivity index (χ4n) is 4.06. The van der Waals surface area contributed by atoms with Crippen molar-refractivity contribution < 1.29 is 14.4 Å². The molecule has 0 aliphatic carbocycles. The van der Waals surface area contributed by atoms with Crippen molar-refractivity contribution in [3.05, 3.63) is 21.6 Å². The van der Waals surface area contributed by atoms with E-state index in [4.69, 9.17) is 0 Å². The van der Waals surface area contributed by atoms with Gasteiger partial charge in [0, 0.05) is 56.7 Å². The first kappa shape index (κ1) is 20.9. The number of piperazine rings is 1. The predicted molar refractivity (Wildman–Crippen MR) is 110 cm³/mol. The zero-order chi connectivity index (χ0) is 21.6. The van der Waals surface area contributed by atoms with Crippen LogP contribution in [0.3, 0.4) is 0 Å². The quantitative estimate of drug-likeness (QED) is 0.664. The molecule has 1 aromatic rings. The summed E-state index contributed by atoms with van der Waals surface area (Å²) in [7, 11) is 1.47. The third-order valence-electron chi connectivity index (χ3n) is 6.18. The van der Waals surface area contributed by atoms with E-state index in [1.807, 2.05) is 11.8 Å². The molecule has 0 radical (unpaired) electrons. The van der Waals surface area contributed by atoms with Crippen LogP contribution in [-0.4, -0.2) is 87.2 Å². The minimum atomic E-state index is -0.392. The number of urea groups is 1. The molecule has 0 bridgehead atoms. The fraction of sp³-hybridized carbons (Fsp3) is 0.632. The van der Waals surface area contributed by atoms with E-state index >= 15 is 0 Å².